The Bertz CT molecular complexity index is 742. The second kappa shape index (κ2) is 5.35. The number of aryl methyl sites for hydroxylation is 2. The van der Waals surface area contributed by atoms with E-state index in [4.69, 9.17) is 0 Å². The van der Waals surface area contributed by atoms with Gasteiger partial charge in [-0.2, -0.15) is 5.10 Å². The average Bonchev–Trinajstić information content (AvgIpc) is 2.80. The number of carbonyl (C=O) groups excluding carboxylic acids is 1. The summed E-state index contributed by atoms with van der Waals surface area (Å²) in [5.74, 6) is -0.148. The van der Waals surface area contributed by atoms with E-state index >= 15 is 0 Å². The van der Waals surface area contributed by atoms with Crippen molar-refractivity contribution in [3.05, 3.63) is 34.0 Å². The Morgan fingerprint density at radius 1 is 1.33 bits per heavy atom. The van der Waals surface area contributed by atoms with Crippen LogP contribution >= 0.6 is 0 Å². The third-order valence-corrected chi connectivity index (χ3v) is 3.80. The van der Waals surface area contributed by atoms with Crippen molar-refractivity contribution in [2.75, 3.05) is 0 Å². The SMILES string of the molecule is CC(C)NC(=O)Cn1ccn2nc3c(c2c1=O)CCCC3. The van der Waals surface area contributed by atoms with Crippen LogP contribution in [-0.4, -0.2) is 26.1 Å². The molecule has 2 aromatic heterocycles. The first kappa shape index (κ1) is 13.9. The number of nitrogens with one attached hydrogen (secondary N) is 1. The summed E-state index contributed by atoms with van der Waals surface area (Å²) in [7, 11) is 0. The van der Waals surface area contributed by atoms with Gasteiger partial charge in [-0.3, -0.25) is 9.59 Å². The van der Waals surface area contributed by atoms with E-state index in [0.29, 0.717) is 5.52 Å². The van der Waals surface area contributed by atoms with Gasteiger partial charge in [0.1, 0.15) is 12.1 Å². The molecule has 21 heavy (non-hydrogen) atoms. The molecular formula is C15H20N4O2. The Hall–Kier alpha value is -2.11. The Morgan fingerprint density at radius 3 is 2.86 bits per heavy atom. The zero-order valence-electron chi connectivity index (χ0n) is 12.4. The Morgan fingerprint density at radius 2 is 2.10 bits per heavy atom. The predicted molar refractivity (Wildman–Crippen MR) is 79.4 cm³/mol. The monoisotopic (exact) mass is 288 g/mol. The maximum absolute atomic E-state index is 12.6. The van der Waals surface area contributed by atoms with Gasteiger partial charge < -0.3 is 9.88 Å². The fraction of sp³-hybridized carbons (Fsp3) is 0.533. The van der Waals surface area contributed by atoms with Gasteiger partial charge in [0, 0.05) is 24.0 Å². The van der Waals surface area contributed by atoms with Crippen molar-refractivity contribution in [3.63, 3.8) is 0 Å². The Balaban J connectivity index is 2.00. The van der Waals surface area contributed by atoms with Gasteiger partial charge in [-0.1, -0.05) is 0 Å². The topological polar surface area (TPSA) is 68.4 Å². The van der Waals surface area contributed by atoms with Crippen LogP contribution in [0.15, 0.2) is 17.2 Å². The lowest BCUT2D eigenvalue weighted by molar-refractivity contribution is -0.122. The Labute approximate surface area is 122 Å². The Kier molecular flexibility index (Phi) is 3.53. The van der Waals surface area contributed by atoms with Crippen LogP contribution in [0.1, 0.15) is 37.9 Å². The molecule has 1 amide bonds. The zero-order chi connectivity index (χ0) is 15.0. The summed E-state index contributed by atoms with van der Waals surface area (Å²) in [5, 5.41) is 7.29. The van der Waals surface area contributed by atoms with Crippen molar-refractivity contribution in [1.82, 2.24) is 19.5 Å². The van der Waals surface area contributed by atoms with Gasteiger partial charge in [0.15, 0.2) is 0 Å². The highest BCUT2D eigenvalue weighted by Crippen LogP contribution is 2.22. The van der Waals surface area contributed by atoms with Crippen molar-refractivity contribution < 1.29 is 4.79 Å². The number of nitrogens with zero attached hydrogens (tertiary/aromatic N) is 3. The summed E-state index contributed by atoms with van der Waals surface area (Å²) in [4.78, 5) is 24.4. The highest BCUT2D eigenvalue weighted by Gasteiger charge is 2.20. The summed E-state index contributed by atoms with van der Waals surface area (Å²) in [6.07, 6.45) is 7.45. The molecule has 1 aliphatic carbocycles. The first-order chi connectivity index (χ1) is 10.1. The smallest absolute Gasteiger partial charge is 0.277 e. The standard InChI is InChI=1S/C15H20N4O2/c1-10(2)16-13(20)9-18-7-8-19-14(15(18)21)11-5-3-4-6-12(11)17-19/h7-8,10H,3-6,9H2,1-2H3,(H,16,20). The van der Waals surface area contributed by atoms with Gasteiger partial charge in [0.05, 0.1) is 5.69 Å². The van der Waals surface area contributed by atoms with E-state index in [1.807, 2.05) is 13.8 Å². The molecule has 0 atom stereocenters. The highest BCUT2D eigenvalue weighted by atomic mass is 16.2. The van der Waals surface area contributed by atoms with Crippen LogP contribution in [-0.2, 0) is 24.2 Å². The minimum atomic E-state index is -0.148. The predicted octanol–water partition coefficient (Wildman–Crippen LogP) is 0.899. The number of carbonyl (C=O) groups is 1. The van der Waals surface area contributed by atoms with Crippen molar-refractivity contribution >= 4 is 11.4 Å². The molecule has 1 N–H and O–H groups in total. The van der Waals surface area contributed by atoms with Crippen molar-refractivity contribution in [1.29, 1.82) is 0 Å². The third-order valence-electron chi connectivity index (χ3n) is 3.80. The number of fused-ring (bicyclic) bond motifs is 3. The molecule has 112 valence electrons. The maximum Gasteiger partial charge on any atom is 0.277 e. The van der Waals surface area contributed by atoms with E-state index in [-0.39, 0.29) is 24.1 Å². The van der Waals surface area contributed by atoms with Gasteiger partial charge in [-0.05, 0) is 39.5 Å². The second-order valence-electron chi connectivity index (χ2n) is 5.88. The van der Waals surface area contributed by atoms with Crippen LogP contribution in [0.5, 0.6) is 0 Å². The molecule has 0 spiro atoms. The fourth-order valence-corrected chi connectivity index (χ4v) is 2.90. The number of hydrogen-bond acceptors (Lipinski definition) is 3. The molecule has 0 saturated heterocycles. The van der Waals surface area contributed by atoms with Crippen molar-refractivity contribution in [3.8, 4) is 0 Å². The van der Waals surface area contributed by atoms with Gasteiger partial charge in [-0.15, -0.1) is 0 Å². The lowest BCUT2D eigenvalue weighted by atomic mass is 9.97. The summed E-state index contributed by atoms with van der Waals surface area (Å²) in [5.41, 5.74) is 2.59. The molecule has 0 saturated carbocycles. The molecule has 6 nitrogen and oxygen atoms in total. The van der Waals surface area contributed by atoms with E-state index in [2.05, 4.69) is 10.4 Å². The molecular weight excluding hydrogens is 268 g/mol. The second-order valence-corrected chi connectivity index (χ2v) is 5.88. The van der Waals surface area contributed by atoms with Crippen LogP contribution in [0.25, 0.3) is 5.52 Å². The van der Waals surface area contributed by atoms with Gasteiger partial charge in [0.25, 0.3) is 5.56 Å². The quantitative estimate of drug-likeness (QED) is 0.912. The molecule has 2 aromatic rings. The van der Waals surface area contributed by atoms with E-state index < -0.39 is 0 Å². The normalized spacial score (nSPS) is 14.4. The number of hydrogen-bond donors (Lipinski definition) is 1. The first-order valence-electron chi connectivity index (χ1n) is 7.45. The average molecular weight is 288 g/mol. The number of amides is 1. The van der Waals surface area contributed by atoms with E-state index in [0.717, 1.165) is 36.9 Å². The van der Waals surface area contributed by atoms with Gasteiger partial charge in [-0.25, -0.2) is 4.52 Å². The van der Waals surface area contributed by atoms with Crippen LogP contribution < -0.4 is 10.9 Å². The molecule has 2 heterocycles. The van der Waals surface area contributed by atoms with Crippen molar-refractivity contribution in [2.24, 2.45) is 0 Å². The van der Waals surface area contributed by atoms with Crippen LogP contribution in [0, 0.1) is 0 Å². The number of rotatable bonds is 3. The molecule has 0 unspecified atom stereocenters. The summed E-state index contributed by atoms with van der Waals surface area (Å²) in [6.45, 7) is 3.85. The van der Waals surface area contributed by atoms with Crippen LogP contribution in [0.2, 0.25) is 0 Å². The largest absolute Gasteiger partial charge is 0.352 e. The minimum Gasteiger partial charge on any atom is -0.352 e. The van der Waals surface area contributed by atoms with Crippen LogP contribution in [0.3, 0.4) is 0 Å². The van der Waals surface area contributed by atoms with E-state index in [1.54, 1.807) is 16.9 Å². The number of aromatic nitrogens is 3. The van der Waals surface area contributed by atoms with Crippen LogP contribution in [0.4, 0.5) is 0 Å². The van der Waals surface area contributed by atoms with Crippen molar-refractivity contribution in [2.45, 2.75) is 52.1 Å². The van der Waals surface area contributed by atoms with E-state index in [9.17, 15) is 9.59 Å². The third kappa shape index (κ3) is 2.57. The molecule has 3 rings (SSSR count). The highest BCUT2D eigenvalue weighted by molar-refractivity contribution is 5.76. The van der Waals surface area contributed by atoms with E-state index in [1.165, 1.54) is 4.57 Å². The van der Waals surface area contributed by atoms with Gasteiger partial charge in [0.2, 0.25) is 5.91 Å². The van der Waals surface area contributed by atoms with Gasteiger partial charge >= 0.3 is 0 Å². The molecule has 0 aromatic carbocycles. The summed E-state index contributed by atoms with van der Waals surface area (Å²) < 4.78 is 3.12. The molecule has 0 aliphatic heterocycles. The lowest BCUT2D eigenvalue weighted by Gasteiger charge is -2.11. The molecule has 0 fully saturated rings. The lowest BCUT2D eigenvalue weighted by Crippen LogP contribution is -2.36. The summed E-state index contributed by atoms with van der Waals surface area (Å²) in [6, 6.07) is 0.0691. The zero-order valence-corrected chi connectivity index (χ0v) is 12.4. The molecule has 0 bridgehead atoms. The minimum absolute atomic E-state index is 0.0491. The summed E-state index contributed by atoms with van der Waals surface area (Å²) >= 11 is 0. The molecule has 1 aliphatic rings. The molecule has 0 radical (unpaired) electrons. The first-order valence-corrected chi connectivity index (χ1v) is 7.45. The maximum atomic E-state index is 12.6. The fourth-order valence-electron chi connectivity index (χ4n) is 2.90. The molecule has 6 heteroatoms.